The van der Waals surface area contributed by atoms with Gasteiger partial charge in [0.15, 0.2) is 0 Å². The van der Waals surface area contributed by atoms with Gasteiger partial charge in [0.05, 0.1) is 4.90 Å². The van der Waals surface area contributed by atoms with Gasteiger partial charge in [0, 0.05) is 12.2 Å². The van der Waals surface area contributed by atoms with Gasteiger partial charge < -0.3 is 10.6 Å². The van der Waals surface area contributed by atoms with Crippen LogP contribution in [0.15, 0.2) is 47.4 Å². The van der Waals surface area contributed by atoms with Crippen molar-refractivity contribution in [3.63, 3.8) is 0 Å². The molecule has 2 amide bonds. The molecule has 7 nitrogen and oxygen atoms in total. The first kappa shape index (κ1) is 20.6. The first-order valence-electron chi connectivity index (χ1n) is 8.51. The molecule has 4 N–H and O–H groups in total. The first-order chi connectivity index (χ1) is 12.7. The summed E-state index contributed by atoms with van der Waals surface area (Å²) in [5.41, 5.74) is 3.34. The van der Waals surface area contributed by atoms with Crippen molar-refractivity contribution in [2.75, 3.05) is 11.9 Å². The van der Waals surface area contributed by atoms with E-state index in [4.69, 9.17) is 5.14 Å². The molecule has 2 rings (SSSR count). The number of nitrogens with one attached hydrogen (secondary N) is 2. The maximum Gasteiger partial charge on any atom is 0.313 e. The first-order valence-corrected chi connectivity index (χ1v) is 10.1. The summed E-state index contributed by atoms with van der Waals surface area (Å²) >= 11 is 0. The molecule has 2 aromatic carbocycles. The van der Waals surface area contributed by atoms with Gasteiger partial charge >= 0.3 is 11.8 Å². The van der Waals surface area contributed by atoms with Crippen LogP contribution in [0.2, 0.25) is 0 Å². The van der Waals surface area contributed by atoms with E-state index in [1.165, 1.54) is 12.1 Å². The van der Waals surface area contributed by atoms with Crippen LogP contribution in [0.3, 0.4) is 0 Å². The maximum absolute atomic E-state index is 12.1. The number of para-hydroxylation sites is 1. The fraction of sp³-hybridized carbons (Fsp3) is 0.263. The third-order valence-corrected chi connectivity index (χ3v) is 5.07. The number of sulfonamides is 1. The van der Waals surface area contributed by atoms with Crippen molar-refractivity contribution in [3.05, 3.63) is 59.2 Å². The van der Waals surface area contributed by atoms with E-state index in [1.807, 2.05) is 32.0 Å². The summed E-state index contributed by atoms with van der Waals surface area (Å²) in [6.45, 7) is 4.10. The number of anilines is 1. The molecule has 2 aromatic rings. The van der Waals surface area contributed by atoms with Gasteiger partial charge in [-0.1, -0.05) is 37.3 Å². The van der Waals surface area contributed by atoms with Gasteiger partial charge in [-0.05, 0) is 48.6 Å². The Balaban J connectivity index is 1.90. The predicted molar refractivity (Wildman–Crippen MR) is 104 cm³/mol. The summed E-state index contributed by atoms with van der Waals surface area (Å²) in [7, 11) is -3.73. The molecule has 0 spiro atoms. The average Bonchev–Trinajstić information content (AvgIpc) is 2.62. The van der Waals surface area contributed by atoms with Crippen LogP contribution in [0.5, 0.6) is 0 Å². The molecule has 0 aliphatic heterocycles. The van der Waals surface area contributed by atoms with E-state index < -0.39 is 21.8 Å². The van der Waals surface area contributed by atoms with E-state index in [-0.39, 0.29) is 11.4 Å². The Morgan fingerprint density at radius 2 is 1.70 bits per heavy atom. The van der Waals surface area contributed by atoms with Crippen molar-refractivity contribution in [2.24, 2.45) is 5.14 Å². The summed E-state index contributed by atoms with van der Waals surface area (Å²) in [6, 6.07) is 11.7. The van der Waals surface area contributed by atoms with E-state index in [1.54, 1.807) is 12.1 Å². The lowest BCUT2D eigenvalue weighted by molar-refractivity contribution is -0.136. The van der Waals surface area contributed by atoms with Gasteiger partial charge in [-0.15, -0.1) is 0 Å². The smallest absolute Gasteiger partial charge is 0.313 e. The Bertz CT molecular complexity index is 938. The van der Waals surface area contributed by atoms with E-state index >= 15 is 0 Å². The van der Waals surface area contributed by atoms with E-state index in [0.717, 1.165) is 23.1 Å². The molecule has 0 aliphatic carbocycles. The van der Waals surface area contributed by atoms with E-state index in [2.05, 4.69) is 10.6 Å². The van der Waals surface area contributed by atoms with Crippen molar-refractivity contribution in [3.8, 4) is 0 Å². The van der Waals surface area contributed by atoms with Crippen LogP contribution >= 0.6 is 0 Å². The highest BCUT2D eigenvalue weighted by atomic mass is 32.2. The van der Waals surface area contributed by atoms with Gasteiger partial charge in [-0.25, -0.2) is 13.6 Å². The number of benzene rings is 2. The van der Waals surface area contributed by atoms with Gasteiger partial charge in [0.1, 0.15) is 0 Å². The minimum absolute atomic E-state index is 0.0274. The summed E-state index contributed by atoms with van der Waals surface area (Å²) in [6.07, 6.45) is 1.20. The Hall–Kier alpha value is -2.71. The number of amides is 2. The second-order valence-corrected chi connectivity index (χ2v) is 7.67. The second kappa shape index (κ2) is 8.79. The summed E-state index contributed by atoms with van der Waals surface area (Å²) in [5.74, 6) is -1.44. The highest BCUT2D eigenvalue weighted by Crippen LogP contribution is 2.20. The van der Waals surface area contributed by atoms with Crippen molar-refractivity contribution in [1.29, 1.82) is 0 Å². The number of hydrogen-bond donors (Lipinski definition) is 3. The van der Waals surface area contributed by atoms with Crippen LogP contribution in [-0.4, -0.2) is 26.8 Å². The van der Waals surface area contributed by atoms with Crippen LogP contribution < -0.4 is 15.8 Å². The van der Waals surface area contributed by atoms with Gasteiger partial charge in [-0.2, -0.15) is 0 Å². The number of hydrogen-bond acceptors (Lipinski definition) is 4. The third kappa shape index (κ3) is 5.63. The molecule has 0 heterocycles. The molecule has 0 aromatic heterocycles. The molecule has 0 saturated carbocycles. The van der Waals surface area contributed by atoms with Crippen LogP contribution in [0.1, 0.15) is 23.6 Å². The lowest BCUT2D eigenvalue weighted by atomic mass is 10.1. The number of carbonyl (C=O) groups is 2. The number of carbonyl (C=O) groups excluding carboxylic acids is 2. The maximum atomic E-state index is 12.1. The largest absolute Gasteiger partial charge is 0.347 e. The molecule has 0 saturated heterocycles. The lowest BCUT2D eigenvalue weighted by Gasteiger charge is -2.13. The second-order valence-electron chi connectivity index (χ2n) is 6.11. The van der Waals surface area contributed by atoms with Crippen LogP contribution in [0.25, 0.3) is 0 Å². The van der Waals surface area contributed by atoms with E-state index in [0.29, 0.717) is 12.1 Å². The SMILES string of the molecule is CCc1cccc(C)c1NC(=O)C(=O)NCCc1ccc(S(N)(=O)=O)cc1. The number of primary sulfonamides is 1. The zero-order valence-electron chi connectivity index (χ0n) is 15.3. The summed E-state index contributed by atoms with van der Waals surface area (Å²) in [4.78, 5) is 24.2. The molecular formula is C19H23N3O4S. The Morgan fingerprint density at radius 1 is 1.04 bits per heavy atom. The Morgan fingerprint density at radius 3 is 2.30 bits per heavy atom. The minimum atomic E-state index is -3.73. The monoisotopic (exact) mass is 389 g/mol. The van der Waals surface area contributed by atoms with Crippen LogP contribution in [0, 0.1) is 6.92 Å². The molecule has 0 aliphatic rings. The molecule has 0 unspecified atom stereocenters. The highest BCUT2D eigenvalue weighted by molar-refractivity contribution is 7.89. The fourth-order valence-corrected chi connectivity index (χ4v) is 3.13. The Labute approximate surface area is 159 Å². The normalized spacial score (nSPS) is 11.1. The van der Waals surface area contributed by atoms with Crippen molar-refractivity contribution < 1.29 is 18.0 Å². The number of nitrogens with two attached hydrogens (primary N) is 1. The highest BCUT2D eigenvalue weighted by Gasteiger charge is 2.16. The van der Waals surface area contributed by atoms with Crippen LogP contribution in [-0.2, 0) is 32.5 Å². The molecule has 0 bridgehead atoms. The molecule has 0 fully saturated rings. The zero-order valence-corrected chi connectivity index (χ0v) is 16.1. The molecule has 144 valence electrons. The molecular weight excluding hydrogens is 366 g/mol. The molecule has 0 atom stereocenters. The summed E-state index contributed by atoms with van der Waals surface area (Å²) in [5, 5.41) is 10.3. The third-order valence-electron chi connectivity index (χ3n) is 4.14. The predicted octanol–water partition coefficient (Wildman–Crippen LogP) is 1.50. The van der Waals surface area contributed by atoms with Gasteiger partial charge in [0.2, 0.25) is 10.0 Å². The average molecular weight is 389 g/mol. The fourth-order valence-electron chi connectivity index (χ4n) is 2.62. The van der Waals surface area contributed by atoms with Crippen molar-refractivity contribution >= 4 is 27.5 Å². The van der Waals surface area contributed by atoms with Gasteiger partial charge in [0.25, 0.3) is 0 Å². The van der Waals surface area contributed by atoms with E-state index in [9.17, 15) is 18.0 Å². The quantitative estimate of drug-likeness (QED) is 0.649. The summed E-state index contributed by atoms with van der Waals surface area (Å²) < 4.78 is 22.4. The Kier molecular flexibility index (Phi) is 6.70. The van der Waals surface area contributed by atoms with Crippen molar-refractivity contribution in [2.45, 2.75) is 31.6 Å². The van der Waals surface area contributed by atoms with Gasteiger partial charge in [-0.3, -0.25) is 9.59 Å². The minimum Gasteiger partial charge on any atom is -0.347 e. The molecule has 27 heavy (non-hydrogen) atoms. The number of rotatable bonds is 6. The molecule has 0 radical (unpaired) electrons. The lowest BCUT2D eigenvalue weighted by Crippen LogP contribution is -2.36. The topological polar surface area (TPSA) is 118 Å². The zero-order chi connectivity index (χ0) is 20.0. The molecule has 8 heteroatoms. The van der Waals surface area contributed by atoms with Crippen LogP contribution in [0.4, 0.5) is 5.69 Å². The standard InChI is InChI=1S/C19H23N3O4S/c1-3-15-6-4-5-13(2)17(15)22-19(24)18(23)21-12-11-14-7-9-16(10-8-14)27(20,25)26/h4-10H,3,11-12H2,1-2H3,(H,21,23)(H,22,24)(H2,20,25,26). The van der Waals surface area contributed by atoms with Crippen molar-refractivity contribution in [1.82, 2.24) is 5.32 Å². The number of aryl methyl sites for hydroxylation is 2.